The van der Waals surface area contributed by atoms with Crippen LogP contribution in [0.5, 0.6) is 5.75 Å². The molecule has 0 bridgehead atoms. The van der Waals surface area contributed by atoms with Crippen LogP contribution in [0.25, 0.3) is 0 Å². The molecule has 2 aromatic rings. The van der Waals surface area contributed by atoms with Crippen molar-refractivity contribution in [2.75, 3.05) is 6.61 Å². The molecule has 0 amide bonds. The van der Waals surface area contributed by atoms with Crippen molar-refractivity contribution in [3.05, 3.63) is 58.9 Å². The van der Waals surface area contributed by atoms with Crippen LogP contribution in [0.15, 0.2) is 42.7 Å². The van der Waals surface area contributed by atoms with Gasteiger partial charge in [0, 0.05) is 23.8 Å². The van der Waals surface area contributed by atoms with E-state index in [1.165, 1.54) is 0 Å². The fourth-order valence-electron chi connectivity index (χ4n) is 2.22. The van der Waals surface area contributed by atoms with E-state index in [2.05, 4.69) is 10.3 Å². The molecule has 0 radical (unpaired) electrons. The lowest BCUT2D eigenvalue weighted by Gasteiger charge is -2.18. The normalized spacial score (nSPS) is 11.9. The van der Waals surface area contributed by atoms with E-state index < -0.39 is 5.97 Å². The number of hydrogen-bond acceptors (Lipinski definition) is 4. The maximum absolute atomic E-state index is 11.1. The third-order valence-electron chi connectivity index (χ3n) is 3.28. The Labute approximate surface area is 140 Å². The Morgan fingerprint density at radius 1 is 1.35 bits per heavy atom. The molecule has 1 atom stereocenters. The molecule has 0 fully saturated rings. The van der Waals surface area contributed by atoms with Gasteiger partial charge >= 0.3 is 5.97 Å². The molecule has 5 nitrogen and oxygen atoms in total. The Morgan fingerprint density at radius 3 is 2.74 bits per heavy atom. The molecule has 0 aliphatic carbocycles. The van der Waals surface area contributed by atoms with E-state index in [9.17, 15) is 4.79 Å². The molecule has 1 aromatic heterocycles. The highest BCUT2D eigenvalue weighted by Gasteiger charge is 2.15. The van der Waals surface area contributed by atoms with E-state index in [0.29, 0.717) is 23.9 Å². The van der Waals surface area contributed by atoms with Gasteiger partial charge in [-0.15, -0.1) is 0 Å². The number of carboxylic acid groups (broad SMARTS) is 1. The van der Waals surface area contributed by atoms with Crippen LogP contribution in [0.1, 0.15) is 30.5 Å². The minimum Gasteiger partial charge on any atom is -0.492 e. The summed E-state index contributed by atoms with van der Waals surface area (Å²) >= 11 is 5.88. The smallest absolute Gasteiger partial charge is 0.305 e. The molecule has 2 rings (SSSR count). The molecule has 0 aliphatic heterocycles. The number of aliphatic carboxylic acids is 1. The van der Waals surface area contributed by atoms with E-state index >= 15 is 0 Å². The SMILES string of the molecule is CCOc1cncc(CNC(CC(=O)O)c2ccc(Cl)cc2)c1. The first kappa shape index (κ1) is 17.2. The summed E-state index contributed by atoms with van der Waals surface area (Å²) in [5.41, 5.74) is 1.81. The number of pyridine rings is 1. The lowest BCUT2D eigenvalue weighted by atomic mass is 10.0. The van der Waals surface area contributed by atoms with Gasteiger partial charge in [0.2, 0.25) is 0 Å². The summed E-state index contributed by atoms with van der Waals surface area (Å²) in [4.78, 5) is 15.2. The van der Waals surface area contributed by atoms with Gasteiger partial charge in [0.1, 0.15) is 5.75 Å². The molecule has 1 unspecified atom stereocenters. The van der Waals surface area contributed by atoms with Crippen molar-refractivity contribution in [2.24, 2.45) is 0 Å². The maximum atomic E-state index is 11.1. The van der Waals surface area contributed by atoms with Crippen molar-refractivity contribution in [3.8, 4) is 5.75 Å². The third kappa shape index (κ3) is 5.54. The molecule has 1 aromatic carbocycles. The molecular weight excluding hydrogens is 316 g/mol. The quantitative estimate of drug-likeness (QED) is 0.773. The Balaban J connectivity index is 2.07. The third-order valence-corrected chi connectivity index (χ3v) is 3.54. The second-order valence-electron chi connectivity index (χ2n) is 5.04. The Bertz CT molecular complexity index is 647. The lowest BCUT2D eigenvalue weighted by Crippen LogP contribution is -2.23. The van der Waals surface area contributed by atoms with Crippen molar-refractivity contribution < 1.29 is 14.6 Å². The molecule has 0 saturated carbocycles. The summed E-state index contributed by atoms with van der Waals surface area (Å²) in [5.74, 6) is -0.160. The van der Waals surface area contributed by atoms with Crippen molar-refractivity contribution in [3.63, 3.8) is 0 Å². The molecule has 23 heavy (non-hydrogen) atoms. The lowest BCUT2D eigenvalue weighted by molar-refractivity contribution is -0.137. The minimum atomic E-state index is -0.862. The summed E-state index contributed by atoms with van der Waals surface area (Å²) in [5, 5.41) is 13.0. The zero-order valence-corrected chi connectivity index (χ0v) is 13.6. The van der Waals surface area contributed by atoms with E-state index in [4.69, 9.17) is 21.4 Å². The van der Waals surface area contributed by atoms with Crippen LogP contribution in [0.2, 0.25) is 5.02 Å². The van der Waals surface area contributed by atoms with Crippen LogP contribution in [-0.4, -0.2) is 22.7 Å². The van der Waals surface area contributed by atoms with Gasteiger partial charge in [-0.25, -0.2) is 0 Å². The van der Waals surface area contributed by atoms with Gasteiger partial charge < -0.3 is 15.2 Å². The molecular formula is C17H19ClN2O3. The fraction of sp³-hybridized carbons (Fsp3) is 0.294. The maximum Gasteiger partial charge on any atom is 0.305 e. The number of rotatable bonds is 8. The van der Waals surface area contributed by atoms with Crippen LogP contribution in [0, 0.1) is 0 Å². The molecule has 0 spiro atoms. The molecule has 0 aliphatic rings. The van der Waals surface area contributed by atoms with Crippen molar-refractivity contribution in [2.45, 2.75) is 25.9 Å². The largest absolute Gasteiger partial charge is 0.492 e. The van der Waals surface area contributed by atoms with Crippen molar-refractivity contribution in [1.29, 1.82) is 0 Å². The first-order chi connectivity index (χ1) is 11.1. The molecule has 1 heterocycles. The van der Waals surface area contributed by atoms with Crippen LogP contribution in [0.4, 0.5) is 0 Å². The number of carbonyl (C=O) groups is 1. The van der Waals surface area contributed by atoms with Gasteiger partial charge in [0.25, 0.3) is 0 Å². The number of benzene rings is 1. The summed E-state index contributed by atoms with van der Waals surface area (Å²) in [6, 6.07) is 8.76. The van der Waals surface area contributed by atoms with Crippen LogP contribution < -0.4 is 10.1 Å². The average Bonchev–Trinajstić information content (AvgIpc) is 2.53. The Hall–Kier alpha value is -2.11. The van der Waals surface area contributed by atoms with Crippen LogP contribution in [0.3, 0.4) is 0 Å². The highest BCUT2D eigenvalue weighted by molar-refractivity contribution is 6.30. The summed E-state index contributed by atoms with van der Waals surface area (Å²) in [6.45, 7) is 2.98. The highest BCUT2D eigenvalue weighted by Crippen LogP contribution is 2.20. The monoisotopic (exact) mass is 334 g/mol. The summed E-state index contributed by atoms with van der Waals surface area (Å²) < 4.78 is 5.42. The number of aromatic nitrogens is 1. The van der Waals surface area contributed by atoms with Gasteiger partial charge in [-0.05, 0) is 36.2 Å². The highest BCUT2D eigenvalue weighted by atomic mass is 35.5. The molecule has 0 saturated heterocycles. The van der Waals surface area contributed by atoms with Gasteiger partial charge in [-0.2, -0.15) is 0 Å². The number of halogens is 1. The van der Waals surface area contributed by atoms with E-state index in [1.54, 1.807) is 24.5 Å². The average molecular weight is 335 g/mol. The second kappa shape index (κ2) is 8.50. The summed E-state index contributed by atoms with van der Waals surface area (Å²) in [7, 11) is 0. The van der Waals surface area contributed by atoms with Crippen LogP contribution in [-0.2, 0) is 11.3 Å². The number of hydrogen-bond donors (Lipinski definition) is 2. The number of nitrogens with zero attached hydrogens (tertiary/aromatic N) is 1. The minimum absolute atomic E-state index is 0.0137. The van der Waals surface area contributed by atoms with Gasteiger partial charge in [-0.3, -0.25) is 9.78 Å². The fourth-order valence-corrected chi connectivity index (χ4v) is 2.35. The topological polar surface area (TPSA) is 71.5 Å². The predicted molar refractivity (Wildman–Crippen MR) is 88.7 cm³/mol. The molecule has 6 heteroatoms. The zero-order chi connectivity index (χ0) is 16.7. The second-order valence-corrected chi connectivity index (χ2v) is 5.48. The van der Waals surface area contributed by atoms with Gasteiger partial charge in [0.05, 0.1) is 19.2 Å². The number of ether oxygens (including phenoxy) is 1. The van der Waals surface area contributed by atoms with Gasteiger partial charge in [0.15, 0.2) is 0 Å². The van der Waals surface area contributed by atoms with E-state index in [-0.39, 0.29) is 12.5 Å². The van der Waals surface area contributed by atoms with E-state index in [1.807, 2.05) is 25.1 Å². The summed E-state index contributed by atoms with van der Waals surface area (Å²) in [6.07, 6.45) is 3.37. The van der Waals surface area contributed by atoms with E-state index in [0.717, 1.165) is 11.1 Å². The standard InChI is InChI=1S/C17H19ClN2O3/c1-2-23-15-7-12(9-19-11-15)10-20-16(8-17(21)22)13-3-5-14(18)6-4-13/h3-7,9,11,16,20H,2,8,10H2,1H3,(H,21,22). The zero-order valence-electron chi connectivity index (χ0n) is 12.8. The Morgan fingerprint density at radius 2 is 2.09 bits per heavy atom. The number of nitrogens with one attached hydrogen (secondary N) is 1. The predicted octanol–water partition coefficient (Wildman–Crippen LogP) is 3.44. The van der Waals surface area contributed by atoms with Crippen LogP contribution >= 0.6 is 11.6 Å². The number of carboxylic acids is 1. The molecule has 2 N–H and O–H groups in total. The Kier molecular flexibility index (Phi) is 6.38. The first-order valence-electron chi connectivity index (χ1n) is 7.36. The van der Waals surface area contributed by atoms with Crippen molar-refractivity contribution >= 4 is 17.6 Å². The first-order valence-corrected chi connectivity index (χ1v) is 7.73. The molecule has 122 valence electrons. The van der Waals surface area contributed by atoms with Crippen molar-refractivity contribution in [1.82, 2.24) is 10.3 Å². The van der Waals surface area contributed by atoms with Gasteiger partial charge in [-0.1, -0.05) is 23.7 Å².